The number of rotatable bonds is 6. The highest BCUT2D eigenvalue weighted by Crippen LogP contribution is 2.32. The zero-order valence-electron chi connectivity index (χ0n) is 15.2. The van der Waals surface area contributed by atoms with E-state index in [4.69, 9.17) is 9.47 Å². The molecule has 0 saturated heterocycles. The summed E-state index contributed by atoms with van der Waals surface area (Å²) in [6, 6.07) is 16.5. The van der Waals surface area contributed by atoms with E-state index in [9.17, 15) is 0 Å². The summed E-state index contributed by atoms with van der Waals surface area (Å²) in [7, 11) is 3.33. The van der Waals surface area contributed by atoms with E-state index in [1.807, 2.05) is 18.2 Å². The van der Waals surface area contributed by atoms with Crippen LogP contribution in [0, 0.1) is 0 Å². The third-order valence-electron chi connectivity index (χ3n) is 4.49. The number of benzene rings is 2. The van der Waals surface area contributed by atoms with Gasteiger partial charge in [0.25, 0.3) is 0 Å². The van der Waals surface area contributed by atoms with Crippen LogP contribution >= 0.6 is 0 Å². The highest BCUT2D eigenvalue weighted by molar-refractivity contribution is 5.91. The van der Waals surface area contributed by atoms with Crippen LogP contribution in [0.5, 0.6) is 11.6 Å². The van der Waals surface area contributed by atoms with E-state index in [2.05, 4.69) is 54.1 Å². The van der Waals surface area contributed by atoms with E-state index >= 15 is 0 Å². The summed E-state index contributed by atoms with van der Waals surface area (Å²) in [5.41, 5.74) is 3.19. The maximum atomic E-state index is 5.50. The van der Waals surface area contributed by atoms with E-state index in [0.29, 0.717) is 5.88 Å². The van der Waals surface area contributed by atoms with Gasteiger partial charge in [-0.3, -0.25) is 0 Å². The Morgan fingerprint density at radius 3 is 2.20 bits per heavy atom. The summed E-state index contributed by atoms with van der Waals surface area (Å²) in [6.07, 6.45) is 0. The molecule has 3 rings (SSSR count). The molecule has 0 saturated carbocycles. The van der Waals surface area contributed by atoms with Crippen molar-refractivity contribution in [3.8, 4) is 22.9 Å². The standard InChI is InChI=1S/C21H24N2O2/c1-5-23(6-2)17-9-7-15(8-10-17)20-14-16-13-18(24-3)11-12-19(16)21(22-20)25-4/h7-14H,5-6H2,1-4H3. The van der Waals surface area contributed by atoms with Gasteiger partial charge in [-0.15, -0.1) is 0 Å². The molecule has 4 heteroatoms. The number of aromatic nitrogens is 1. The van der Waals surface area contributed by atoms with Crippen LogP contribution in [0.2, 0.25) is 0 Å². The van der Waals surface area contributed by atoms with Crippen molar-refractivity contribution >= 4 is 16.5 Å². The third-order valence-corrected chi connectivity index (χ3v) is 4.49. The minimum atomic E-state index is 0.628. The lowest BCUT2D eigenvalue weighted by molar-refractivity contribution is 0.403. The number of nitrogens with zero attached hydrogens (tertiary/aromatic N) is 2. The van der Waals surface area contributed by atoms with Crippen LogP contribution in [0.15, 0.2) is 48.5 Å². The summed E-state index contributed by atoms with van der Waals surface area (Å²) < 4.78 is 10.8. The molecule has 1 aromatic heterocycles. The van der Waals surface area contributed by atoms with Crippen molar-refractivity contribution in [3.05, 3.63) is 48.5 Å². The van der Waals surface area contributed by atoms with Crippen molar-refractivity contribution in [2.45, 2.75) is 13.8 Å². The van der Waals surface area contributed by atoms with E-state index < -0.39 is 0 Å². The van der Waals surface area contributed by atoms with Gasteiger partial charge in [0, 0.05) is 29.7 Å². The lowest BCUT2D eigenvalue weighted by Crippen LogP contribution is -2.21. The molecule has 0 spiro atoms. The Hall–Kier alpha value is -2.75. The first kappa shape index (κ1) is 17.1. The average molecular weight is 336 g/mol. The number of methoxy groups -OCH3 is 2. The Labute approximate surface area is 149 Å². The van der Waals surface area contributed by atoms with Gasteiger partial charge in [0.1, 0.15) is 5.75 Å². The largest absolute Gasteiger partial charge is 0.497 e. The SMILES string of the molecule is CCN(CC)c1ccc(-c2cc3cc(OC)ccc3c(OC)n2)cc1. The van der Waals surface area contributed by atoms with Crippen LogP contribution < -0.4 is 14.4 Å². The molecule has 0 aliphatic heterocycles. The number of pyridine rings is 1. The normalized spacial score (nSPS) is 10.7. The van der Waals surface area contributed by atoms with E-state index in [1.165, 1.54) is 5.69 Å². The predicted octanol–water partition coefficient (Wildman–Crippen LogP) is 4.77. The average Bonchev–Trinajstić information content (AvgIpc) is 2.68. The molecule has 0 bridgehead atoms. The Kier molecular flexibility index (Phi) is 5.08. The second-order valence-electron chi connectivity index (χ2n) is 5.82. The minimum absolute atomic E-state index is 0.628. The molecule has 0 unspecified atom stereocenters. The van der Waals surface area contributed by atoms with Gasteiger partial charge in [-0.2, -0.15) is 0 Å². The summed E-state index contributed by atoms with van der Waals surface area (Å²) in [4.78, 5) is 7.01. The second kappa shape index (κ2) is 7.43. The minimum Gasteiger partial charge on any atom is -0.497 e. The van der Waals surface area contributed by atoms with E-state index in [0.717, 1.165) is 40.9 Å². The molecule has 0 fully saturated rings. The van der Waals surface area contributed by atoms with Crippen LogP contribution in [0.4, 0.5) is 5.69 Å². The van der Waals surface area contributed by atoms with E-state index in [1.54, 1.807) is 14.2 Å². The smallest absolute Gasteiger partial charge is 0.221 e. The quantitative estimate of drug-likeness (QED) is 0.650. The number of hydrogen-bond acceptors (Lipinski definition) is 4. The molecule has 0 radical (unpaired) electrons. The van der Waals surface area contributed by atoms with Crippen molar-refractivity contribution in [1.82, 2.24) is 4.98 Å². The molecule has 2 aromatic carbocycles. The van der Waals surface area contributed by atoms with Gasteiger partial charge >= 0.3 is 0 Å². The second-order valence-corrected chi connectivity index (χ2v) is 5.82. The molecule has 0 atom stereocenters. The molecular formula is C21H24N2O2. The predicted molar refractivity (Wildman–Crippen MR) is 104 cm³/mol. The van der Waals surface area contributed by atoms with Crippen molar-refractivity contribution in [1.29, 1.82) is 0 Å². The van der Waals surface area contributed by atoms with Gasteiger partial charge in [-0.05, 0) is 55.6 Å². The van der Waals surface area contributed by atoms with Crippen LogP contribution in [-0.2, 0) is 0 Å². The first-order valence-corrected chi connectivity index (χ1v) is 8.58. The first-order chi connectivity index (χ1) is 12.2. The maximum Gasteiger partial charge on any atom is 0.221 e. The summed E-state index contributed by atoms with van der Waals surface area (Å²) >= 11 is 0. The van der Waals surface area contributed by atoms with Crippen molar-refractivity contribution in [2.24, 2.45) is 0 Å². The highest BCUT2D eigenvalue weighted by Gasteiger charge is 2.10. The molecule has 130 valence electrons. The van der Waals surface area contributed by atoms with Crippen molar-refractivity contribution in [3.63, 3.8) is 0 Å². The summed E-state index contributed by atoms with van der Waals surface area (Å²) in [5.74, 6) is 1.45. The number of hydrogen-bond donors (Lipinski definition) is 0. The number of ether oxygens (including phenoxy) is 2. The zero-order chi connectivity index (χ0) is 17.8. The fraction of sp³-hybridized carbons (Fsp3) is 0.286. The van der Waals surface area contributed by atoms with Crippen molar-refractivity contribution in [2.75, 3.05) is 32.2 Å². The molecule has 0 aliphatic carbocycles. The molecule has 1 heterocycles. The number of fused-ring (bicyclic) bond motifs is 1. The first-order valence-electron chi connectivity index (χ1n) is 8.58. The highest BCUT2D eigenvalue weighted by atomic mass is 16.5. The van der Waals surface area contributed by atoms with Gasteiger partial charge < -0.3 is 14.4 Å². The van der Waals surface area contributed by atoms with Crippen LogP contribution in [-0.4, -0.2) is 32.3 Å². The van der Waals surface area contributed by atoms with Crippen LogP contribution in [0.1, 0.15) is 13.8 Å². The van der Waals surface area contributed by atoms with Gasteiger partial charge in [0.2, 0.25) is 5.88 Å². The van der Waals surface area contributed by atoms with Crippen LogP contribution in [0.25, 0.3) is 22.0 Å². The molecule has 3 aromatic rings. The van der Waals surface area contributed by atoms with Gasteiger partial charge in [0.05, 0.1) is 19.9 Å². The van der Waals surface area contributed by atoms with E-state index in [-0.39, 0.29) is 0 Å². The van der Waals surface area contributed by atoms with Gasteiger partial charge in [0.15, 0.2) is 0 Å². The maximum absolute atomic E-state index is 5.50. The molecule has 4 nitrogen and oxygen atoms in total. The topological polar surface area (TPSA) is 34.6 Å². The van der Waals surface area contributed by atoms with Crippen molar-refractivity contribution < 1.29 is 9.47 Å². The fourth-order valence-corrected chi connectivity index (χ4v) is 3.07. The Balaban J connectivity index is 2.05. The van der Waals surface area contributed by atoms with Gasteiger partial charge in [-0.25, -0.2) is 4.98 Å². The summed E-state index contributed by atoms with van der Waals surface area (Å²) in [6.45, 7) is 6.33. The summed E-state index contributed by atoms with van der Waals surface area (Å²) in [5, 5.41) is 2.03. The number of anilines is 1. The zero-order valence-corrected chi connectivity index (χ0v) is 15.2. The monoisotopic (exact) mass is 336 g/mol. The molecule has 0 aliphatic rings. The van der Waals surface area contributed by atoms with Crippen LogP contribution in [0.3, 0.4) is 0 Å². The lowest BCUT2D eigenvalue weighted by atomic mass is 10.1. The fourth-order valence-electron chi connectivity index (χ4n) is 3.07. The molecular weight excluding hydrogens is 312 g/mol. The lowest BCUT2D eigenvalue weighted by Gasteiger charge is -2.21. The Morgan fingerprint density at radius 2 is 1.60 bits per heavy atom. The molecule has 0 amide bonds. The molecule has 0 N–H and O–H groups in total. The third kappa shape index (κ3) is 3.38. The Morgan fingerprint density at radius 1 is 0.880 bits per heavy atom. The Bertz CT molecular complexity index is 856. The molecule has 25 heavy (non-hydrogen) atoms. The van der Waals surface area contributed by atoms with Gasteiger partial charge in [-0.1, -0.05) is 12.1 Å².